The Morgan fingerprint density at radius 1 is 1.00 bits per heavy atom. The van der Waals surface area contributed by atoms with Gasteiger partial charge >= 0.3 is 5.69 Å². The summed E-state index contributed by atoms with van der Waals surface area (Å²) in [6.45, 7) is 0. The van der Waals surface area contributed by atoms with Crippen molar-refractivity contribution in [2.75, 3.05) is 5.32 Å². The van der Waals surface area contributed by atoms with Crippen molar-refractivity contribution in [2.45, 2.75) is 9.96 Å². The molecule has 28 heavy (non-hydrogen) atoms. The highest BCUT2D eigenvalue weighted by Gasteiger charge is 2.35. The van der Waals surface area contributed by atoms with Gasteiger partial charge in [-0.15, -0.1) is 0 Å². The molecule has 0 radical (unpaired) electrons. The van der Waals surface area contributed by atoms with Gasteiger partial charge in [0.05, 0.1) is 0 Å². The number of alkyl halides is 3. The Morgan fingerprint density at radius 2 is 1.61 bits per heavy atom. The van der Waals surface area contributed by atoms with Gasteiger partial charge in [0.1, 0.15) is 11.0 Å². The van der Waals surface area contributed by atoms with Crippen LogP contribution in [-0.4, -0.2) is 18.5 Å². The maximum Gasteiger partial charge on any atom is 0.351 e. The average molecular weight is 456 g/mol. The zero-order valence-corrected chi connectivity index (χ0v) is 17.3. The van der Waals surface area contributed by atoms with Crippen LogP contribution in [0.4, 0.5) is 11.5 Å². The van der Waals surface area contributed by atoms with Crippen molar-refractivity contribution in [1.82, 2.24) is 9.55 Å². The normalized spacial score (nSPS) is 13.2. The van der Waals surface area contributed by atoms with E-state index < -0.39 is 15.6 Å². The average Bonchev–Trinajstić information content (AvgIpc) is 2.67. The van der Waals surface area contributed by atoms with Crippen LogP contribution in [-0.2, 0) is 0 Å². The number of benzene rings is 2. The van der Waals surface area contributed by atoms with Gasteiger partial charge in [-0.3, -0.25) is 4.57 Å². The SMILES string of the molecule is O=c1nc(Nc2ccccc2)ccn1C(/N=C(\Cl)c1ccccc1)C(Cl)(Cl)Cl. The van der Waals surface area contributed by atoms with Crippen LogP contribution in [0.15, 0.2) is 82.7 Å². The lowest BCUT2D eigenvalue weighted by Gasteiger charge is -2.23. The third kappa shape index (κ3) is 5.26. The summed E-state index contributed by atoms with van der Waals surface area (Å²) >= 11 is 24.5. The Morgan fingerprint density at radius 3 is 2.18 bits per heavy atom. The maximum atomic E-state index is 12.6. The lowest BCUT2D eigenvalue weighted by Crippen LogP contribution is -2.33. The topological polar surface area (TPSA) is 59.3 Å². The standard InChI is InChI=1S/C19H14Cl4N4O/c20-16(13-7-3-1-4-8-13)26-17(19(21,22)23)27-12-11-15(25-18(27)28)24-14-9-5-2-6-10-14/h1-12,17H,(H,24,25,28)/b26-16-. The van der Waals surface area contributed by atoms with Crippen molar-refractivity contribution >= 4 is 63.1 Å². The van der Waals surface area contributed by atoms with E-state index in [0.29, 0.717) is 11.4 Å². The van der Waals surface area contributed by atoms with Gasteiger partial charge in [0.2, 0.25) is 3.79 Å². The van der Waals surface area contributed by atoms with E-state index in [9.17, 15) is 4.79 Å². The Hall–Kier alpha value is -2.05. The maximum absolute atomic E-state index is 12.6. The largest absolute Gasteiger partial charge is 0.351 e. The van der Waals surface area contributed by atoms with Gasteiger partial charge in [0.25, 0.3) is 0 Å². The summed E-state index contributed by atoms with van der Waals surface area (Å²) in [6, 6.07) is 19.9. The number of rotatable bonds is 5. The number of aliphatic imine (C=N–C) groups is 1. The number of anilines is 2. The number of hydrogen-bond acceptors (Lipinski definition) is 4. The van der Waals surface area contributed by atoms with E-state index in [-0.39, 0.29) is 5.17 Å². The molecule has 3 rings (SSSR count). The quantitative estimate of drug-likeness (QED) is 0.405. The van der Waals surface area contributed by atoms with Crippen LogP contribution in [0.25, 0.3) is 0 Å². The minimum Gasteiger partial charge on any atom is -0.340 e. The van der Waals surface area contributed by atoms with E-state index in [0.717, 1.165) is 10.3 Å². The molecule has 5 nitrogen and oxygen atoms in total. The highest BCUT2D eigenvalue weighted by molar-refractivity contribution is 6.70. The predicted molar refractivity (Wildman–Crippen MR) is 116 cm³/mol. The summed E-state index contributed by atoms with van der Waals surface area (Å²) in [5.74, 6) is 0.355. The molecular formula is C19H14Cl4N4O. The zero-order valence-electron chi connectivity index (χ0n) is 14.3. The molecule has 0 saturated carbocycles. The molecule has 9 heteroatoms. The summed E-state index contributed by atoms with van der Waals surface area (Å²) in [4.78, 5) is 20.8. The number of hydrogen-bond donors (Lipinski definition) is 1. The first-order chi connectivity index (χ1) is 13.3. The summed E-state index contributed by atoms with van der Waals surface area (Å²) in [6.07, 6.45) is 0.252. The molecule has 0 aliphatic carbocycles. The molecule has 0 spiro atoms. The third-order valence-electron chi connectivity index (χ3n) is 3.68. The van der Waals surface area contributed by atoms with Gasteiger partial charge in [-0.1, -0.05) is 94.9 Å². The number of aromatic nitrogens is 2. The molecule has 3 aromatic rings. The second-order valence-corrected chi connectivity index (χ2v) is 8.42. The van der Waals surface area contributed by atoms with Crippen LogP contribution >= 0.6 is 46.4 Å². The van der Waals surface area contributed by atoms with Gasteiger partial charge in [0.15, 0.2) is 6.17 Å². The predicted octanol–water partition coefficient (Wildman–Crippen LogP) is 5.54. The van der Waals surface area contributed by atoms with Gasteiger partial charge < -0.3 is 5.32 Å². The fourth-order valence-electron chi connectivity index (χ4n) is 2.39. The van der Waals surface area contributed by atoms with E-state index in [2.05, 4.69) is 15.3 Å². The van der Waals surface area contributed by atoms with Crippen molar-refractivity contribution in [2.24, 2.45) is 4.99 Å². The van der Waals surface area contributed by atoms with Crippen LogP contribution in [0.3, 0.4) is 0 Å². The first kappa shape index (κ1) is 20.7. The fourth-order valence-corrected chi connectivity index (χ4v) is 3.07. The molecule has 1 heterocycles. The Bertz CT molecular complexity index is 1020. The number of nitrogens with zero attached hydrogens (tertiary/aromatic N) is 3. The van der Waals surface area contributed by atoms with E-state index in [1.165, 1.54) is 6.20 Å². The fraction of sp³-hybridized carbons (Fsp3) is 0.105. The zero-order chi connectivity index (χ0) is 20.1. The van der Waals surface area contributed by atoms with E-state index >= 15 is 0 Å². The first-order valence-corrected chi connectivity index (χ1v) is 9.62. The molecule has 0 aliphatic heterocycles. The van der Waals surface area contributed by atoms with Crippen LogP contribution in [0.2, 0.25) is 0 Å². The van der Waals surface area contributed by atoms with Gasteiger partial charge in [-0.05, 0) is 18.2 Å². The molecular weight excluding hydrogens is 442 g/mol. The second kappa shape index (κ2) is 8.97. The lowest BCUT2D eigenvalue weighted by molar-refractivity contribution is 0.508. The Kier molecular flexibility index (Phi) is 6.62. The number of halogens is 4. The molecule has 0 bridgehead atoms. The van der Waals surface area contributed by atoms with Crippen molar-refractivity contribution in [1.29, 1.82) is 0 Å². The molecule has 0 aliphatic rings. The minimum atomic E-state index is -1.92. The molecule has 2 aromatic carbocycles. The van der Waals surface area contributed by atoms with Crippen molar-refractivity contribution in [3.8, 4) is 0 Å². The first-order valence-electron chi connectivity index (χ1n) is 8.11. The molecule has 1 N–H and O–H groups in total. The van der Waals surface area contributed by atoms with Crippen molar-refractivity contribution in [3.63, 3.8) is 0 Å². The molecule has 1 unspecified atom stereocenters. The summed E-state index contributed by atoms with van der Waals surface area (Å²) in [5, 5.41) is 3.14. The smallest absolute Gasteiger partial charge is 0.340 e. The third-order valence-corrected chi connectivity index (χ3v) is 4.58. The number of nitrogens with one attached hydrogen (secondary N) is 1. The van der Waals surface area contributed by atoms with Gasteiger partial charge in [-0.25, -0.2) is 9.79 Å². The van der Waals surface area contributed by atoms with Crippen LogP contribution in [0, 0.1) is 0 Å². The van der Waals surface area contributed by atoms with Crippen LogP contribution in [0.1, 0.15) is 11.7 Å². The molecule has 1 atom stereocenters. The molecule has 0 fully saturated rings. The minimum absolute atomic E-state index is 0.107. The highest BCUT2D eigenvalue weighted by Crippen LogP contribution is 2.39. The summed E-state index contributed by atoms with van der Waals surface area (Å²) in [5.41, 5.74) is 0.778. The number of para-hydroxylation sites is 1. The molecule has 144 valence electrons. The van der Waals surface area contributed by atoms with E-state index in [1.54, 1.807) is 30.3 Å². The van der Waals surface area contributed by atoms with E-state index in [1.807, 2.05) is 36.4 Å². The lowest BCUT2D eigenvalue weighted by atomic mass is 10.2. The van der Waals surface area contributed by atoms with Crippen molar-refractivity contribution < 1.29 is 0 Å². The van der Waals surface area contributed by atoms with E-state index in [4.69, 9.17) is 46.4 Å². The van der Waals surface area contributed by atoms with Crippen LogP contribution in [0.5, 0.6) is 0 Å². The van der Waals surface area contributed by atoms with Crippen molar-refractivity contribution in [3.05, 3.63) is 89.0 Å². The van der Waals surface area contributed by atoms with Crippen LogP contribution < -0.4 is 11.0 Å². The highest BCUT2D eigenvalue weighted by atomic mass is 35.6. The molecule has 1 aromatic heterocycles. The summed E-state index contributed by atoms with van der Waals surface area (Å²) in [7, 11) is 0. The second-order valence-electron chi connectivity index (χ2n) is 5.69. The van der Waals surface area contributed by atoms with Gasteiger partial charge in [0, 0.05) is 17.4 Å². The molecule has 0 amide bonds. The Balaban J connectivity index is 1.94. The Labute approximate surface area is 181 Å². The molecule has 0 saturated heterocycles. The monoisotopic (exact) mass is 454 g/mol. The summed E-state index contributed by atoms with van der Waals surface area (Å²) < 4.78 is -0.802. The van der Waals surface area contributed by atoms with Gasteiger partial charge in [-0.2, -0.15) is 4.98 Å².